The van der Waals surface area contributed by atoms with Crippen molar-refractivity contribution in [2.75, 3.05) is 36.3 Å². The number of carbonyl (C=O) groups is 16. The number of carboxylic acid groups (broad SMARTS) is 4. The van der Waals surface area contributed by atoms with Crippen molar-refractivity contribution in [3.05, 3.63) is 35.9 Å². The van der Waals surface area contributed by atoms with Crippen molar-refractivity contribution >= 4 is 153 Å². The number of hydrogen-bond donors (Lipinski definition) is 18. The number of rotatable bonds is 49. The van der Waals surface area contributed by atoms with Gasteiger partial charge >= 0.3 is 188 Å². The van der Waals surface area contributed by atoms with Gasteiger partial charge in [-0.25, -0.2) is 0 Å². The van der Waals surface area contributed by atoms with Crippen LogP contribution in [0.5, 0.6) is 0 Å². The molecule has 0 aromatic heterocycles. The van der Waals surface area contributed by atoms with Crippen LogP contribution in [0.1, 0.15) is 110 Å². The van der Waals surface area contributed by atoms with Crippen molar-refractivity contribution in [2.24, 2.45) is 28.3 Å². The number of amides is 12. The molecular formula is C61H94N14O20S3Se. The first-order chi connectivity index (χ1) is 46.7. The van der Waals surface area contributed by atoms with Crippen LogP contribution < -0.4 is 70.0 Å². The van der Waals surface area contributed by atoms with Gasteiger partial charge in [0, 0.05) is 24.9 Å². The van der Waals surface area contributed by atoms with E-state index < -0.39 is 212 Å². The van der Waals surface area contributed by atoms with Crippen molar-refractivity contribution < 1.29 is 97.1 Å². The van der Waals surface area contributed by atoms with Crippen molar-refractivity contribution in [3.63, 3.8) is 0 Å². The van der Waals surface area contributed by atoms with E-state index in [1.54, 1.807) is 62.9 Å². The number of hydrogen-bond acceptors (Lipinski definition) is 21. The number of nitrogens with two attached hydrogens (primary N) is 2. The molecule has 0 radical (unpaired) electrons. The second-order valence-corrected chi connectivity index (χ2v) is 26.8. The molecule has 38 heteroatoms. The zero-order valence-electron chi connectivity index (χ0n) is 55.6. The summed E-state index contributed by atoms with van der Waals surface area (Å²) >= 11 is 8.76. The number of nitrogens with one attached hydrogen (secondary N) is 11. The standard InChI is InChI=1S/C61H94N14O20S3Se/c1-31(2)25-40(56(89)69-37(15-17-47(79)80)53(86)75-44(30-99)61(94)95)71-58(91)42(28-48(81)82)73-52(85)36(14-16-46(77)78)68-55(88)39(20-24-98-5)70-57(90)41(27-45(63)76)72-59(92)43(29-96)74-51(84)35(13-9-10-21-65-60(93)49-32(3)18-22-64-49)67-54(87)38(19-23-97-4)66-50(83)34(62)26-33-11-7-6-8-12-33/h6-8,11-12,22,31-32,34-44,49,96,99H,9-10,13-21,23-30,62H2,1-5H3,(H2,63,76)(H,65,93)(H,66,83)(H,67,87)(H,68,88)(H,69,89)(H,70,90)(H,71,91)(H,72,92)(H,73,85)(H,74,84)(H,75,86)(H,77,78)(H,79,80)(H,81,82)(H,94,95)/t32-,34+,35+,36+,37+,38+,39+,40+,41+,42+,43+,44+,49-/m1/s1. The normalized spacial score (nSPS) is 16.5. The zero-order valence-corrected chi connectivity index (χ0v) is 60.0. The Kier molecular flexibility index (Phi) is 40.7. The molecule has 13 atom stereocenters. The number of carbonyl (C=O) groups excluding carboxylic acids is 12. The molecule has 99 heavy (non-hydrogen) atoms. The van der Waals surface area contributed by atoms with E-state index in [-0.39, 0.29) is 68.0 Å². The van der Waals surface area contributed by atoms with Crippen LogP contribution in [-0.2, 0) is 83.1 Å². The van der Waals surface area contributed by atoms with Gasteiger partial charge in [0.2, 0.25) is 53.2 Å². The molecule has 19 N–H and O–H groups in total. The topological polar surface area (TPSA) is 551 Å². The van der Waals surface area contributed by atoms with Gasteiger partial charge in [-0.2, -0.15) is 36.2 Å². The molecule has 1 aliphatic rings. The fourth-order valence-corrected chi connectivity index (χ4v) is 11.4. The van der Waals surface area contributed by atoms with Gasteiger partial charge in [-0.05, 0) is 86.9 Å². The number of thioether (sulfide) groups is 2. The van der Waals surface area contributed by atoms with Crippen LogP contribution in [0.2, 0.25) is 5.32 Å². The summed E-state index contributed by atoms with van der Waals surface area (Å²) in [7, 11) is 0. The number of primary amides is 1. The summed E-state index contributed by atoms with van der Waals surface area (Å²) in [4.78, 5) is 216. The van der Waals surface area contributed by atoms with E-state index in [1.807, 2.05) is 22.9 Å². The first kappa shape index (κ1) is 87.0. The maximum atomic E-state index is 14.3. The fourth-order valence-electron chi connectivity index (χ4n) is 9.65. The number of aliphatic carboxylic acids is 4. The van der Waals surface area contributed by atoms with Crippen molar-refractivity contribution in [1.82, 2.24) is 58.5 Å². The number of benzene rings is 1. The molecule has 552 valence electrons. The molecule has 1 heterocycles. The van der Waals surface area contributed by atoms with E-state index >= 15 is 0 Å². The van der Waals surface area contributed by atoms with Gasteiger partial charge in [-0.15, -0.1) is 0 Å². The molecule has 12 amide bonds. The Morgan fingerprint density at radius 1 is 0.545 bits per heavy atom. The van der Waals surface area contributed by atoms with Crippen LogP contribution >= 0.6 is 36.2 Å². The molecule has 0 saturated heterocycles. The zero-order chi connectivity index (χ0) is 74.5. The summed E-state index contributed by atoms with van der Waals surface area (Å²) in [5.41, 5.74) is 12.6. The summed E-state index contributed by atoms with van der Waals surface area (Å²) in [6, 6.07) is -9.19. The number of thiol groups is 1. The third kappa shape index (κ3) is 33.6. The second-order valence-electron chi connectivity index (χ2n) is 23.7. The molecule has 0 saturated carbocycles. The molecular weight excluding hydrogens is 1420 g/mol. The maximum absolute atomic E-state index is 14.3. The average molecular weight is 1520 g/mol. The van der Waals surface area contributed by atoms with Crippen LogP contribution in [0, 0.1) is 11.8 Å². The van der Waals surface area contributed by atoms with E-state index in [0.717, 1.165) is 5.56 Å². The van der Waals surface area contributed by atoms with Gasteiger partial charge in [0.05, 0.1) is 12.5 Å². The van der Waals surface area contributed by atoms with Crippen LogP contribution in [0.3, 0.4) is 0 Å². The van der Waals surface area contributed by atoms with E-state index in [0.29, 0.717) is 18.6 Å². The molecule has 0 bridgehead atoms. The predicted octanol–water partition coefficient (Wildman–Crippen LogP) is -3.86. The molecule has 0 fully saturated rings. The first-order valence-electron chi connectivity index (χ1n) is 31.7. The Labute approximate surface area is 594 Å². The summed E-state index contributed by atoms with van der Waals surface area (Å²) in [5, 5.41) is 64.8. The molecule has 0 unspecified atom stereocenters. The molecule has 1 aromatic rings. The third-order valence-corrected chi connectivity index (χ3v) is 17.5. The van der Waals surface area contributed by atoms with Crippen LogP contribution in [0.4, 0.5) is 0 Å². The molecule has 34 nitrogen and oxygen atoms in total. The van der Waals surface area contributed by atoms with Gasteiger partial charge in [-0.3, -0.25) is 57.7 Å². The minimum atomic E-state index is -2.07. The summed E-state index contributed by atoms with van der Waals surface area (Å²) < 4.78 is 0. The van der Waals surface area contributed by atoms with Gasteiger partial charge < -0.3 is 58.9 Å². The summed E-state index contributed by atoms with van der Waals surface area (Å²) in [6.45, 7) is 5.28. The Morgan fingerprint density at radius 3 is 1.36 bits per heavy atom. The predicted molar refractivity (Wildman–Crippen MR) is 369 cm³/mol. The Balaban J connectivity index is 2.45. The van der Waals surface area contributed by atoms with Gasteiger partial charge in [0.15, 0.2) is 0 Å². The molecule has 0 spiro atoms. The van der Waals surface area contributed by atoms with E-state index in [9.17, 15) is 97.1 Å². The van der Waals surface area contributed by atoms with Gasteiger partial charge in [-0.1, -0.05) is 37.3 Å². The quantitative estimate of drug-likeness (QED) is 0.0169. The van der Waals surface area contributed by atoms with Crippen LogP contribution in [0.15, 0.2) is 35.3 Å². The Morgan fingerprint density at radius 2 is 0.949 bits per heavy atom. The first-order valence-corrected chi connectivity index (χ1v) is 36.5. The number of unbranched alkanes of at least 4 members (excludes halogenated alkanes) is 1. The summed E-state index contributed by atoms with van der Waals surface area (Å²) in [6.07, 6.45) is 1.12. The number of nitrogens with zero attached hydrogens (tertiary/aromatic N) is 1. The monoisotopic (exact) mass is 1520 g/mol. The summed E-state index contributed by atoms with van der Waals surface area (Å²) in [5.74, 6) is -18.5. The van der Waals surface area contributed by atoms with E-state index in [4.69, 9.17) is 11.5 Å². The Bertz CT molecular complexity index is 3000. The number of carboxylic acids is 4. The molecule has 0 aliphatic carbocycles. The van der Waals surface area contributed by atoms with Crippen molar-refractivity contribution in [2.45, 2.75) is 188 Å². The Hall–Kier alpha value is -8.06. The number of aliphatic imine (C=N–C) groups is 1. The molecule has 1 aliphatic heterocycles. The second kappa shape index (κ2) is 46.3. The van der Waals surface area contributed by atoms with E-state index in [2.05, 4.69) is 76.1 Å². The molecule has 2 rings (SSSR count). The van der Waals surface area contributed by atoms with Crippen LogP contribution in [0.25, 0.3) is 0 Å². The molecule has 1 aromatic carbocycles. The minimum absolute atomic E-state index is 0.00615. The van der Waals surface area contributed by atoms with E-state index in [1.165, 1.54) is 23.5 Å². The fraction of sp³-hybridized carbons (Fsp3) is 0.623. The average Bonchev–Trinajstić information content (AvgIpc) is 1.45. The van der Waals surface area contributed by atoms with Crippen LogP contribution in [-0.4, -0.2) is 246 Å². The van der Waals surface area contributed by atoms with Crippen molar-refractivity contribution in [3.8, 4) is 0 Å². The van der Waals surface area contributed by atoms with Crippen molar-refractivity contribution in [1.29, 1.82) is 0 Å². The SMILES string of the molecule is CSCC[C@H](NC(=O)[C@H](CC(N)=O)NC(=O)[C@H](CS)NC(=O)[C@H](CCCCNC(=O)[C@@H]1N=CC[C@H]1C)NC(=O)[C@H](CCSC)NC(=O)[C@@H](N)Cc1ccccc1)C(=O)N[C@@H](CCC(=O)O)C(=O)N[C@@H](CC(=O)O)C(=O)N[C@@H](CC(C)C)C(=O)N[C@@H](CCC(=O)O)C(=O)N[C@@H](C[SeH])C(=O)O. The van der Waals surface area contributed by atoms with Gasteiger partial charge in [0.25, 0.3) is 0 Å². The van der Waals surface area contributed by atoms with Gasteiger partial charge in [0.1, 0.15) is 42.3 Å². The third-order valence-electron chi connectivity index (χ3n) is 15.1.